The lowest BCUT2D eigenvalue weighted by molar-refractivity contribution is -0.128. The van der Waals surface area contributed by atoms with Crippen LogP contribution in [-0.4, -0.2) is 11.7 Å². The number of rotatable bonds is 5. The molecule has 0 spiro atoms. The van der Waals surface area contributed by atoms with Crippen molar-refractivity contribution in [1.29, 1.82) is 0 Å². The molecule has 1 unspecified atom stereocenters. The molecule has 29 heavy (non-hydrogen) atoms. The topological polar surface area (TPSA) is 50.7 Å². The molecule has 1 heterocycles. The van der Waals surface area contributed by atoms with Crippen molar-refractivity contribution in [1.82, 2.24) is 5.43 Å². The number of carbonyl (C=O) groups excluding carboxylic acids is 1. The van der Waals surface area contributed by atoms with E-state index < -0.39 is 5.97 Å². The number of nitrogens with zero attached hydrogens (tertiary/aromatic N) is 1. The lowest BCUT2D eigenvalue weighted by Crippen LogP contribution is -2.10. The third-order valence-electron chi connectivity index (χ3n) is 4.85. The summed E-state index contributed by atoms with van der Waals surface area (Å²) in [6, 6.07) is 25.7. The summed E-state index contributed by atoms with van der Waals surface area (Å²) in [6.45, 7) is 2.08. The largest absolute Gasteiger partial charge is 0.423 e. The SMILES string of the molecule is Cc1ccc(C2=NNC(c3ccc(OC(=O)/C=C\c4ccccc4)cc3)C2)cc1. The first-order valence-electron chi connectivity index (χ1n) is 9.61. The highest BCUT2D eigenvalue weighted by Gasteiger charge is 2.21. The molecule has 0 fully saturated rings. The minimum absolute atomic E-state index is 0.119. The Labute approximate surface area is 170 Å². The average Bonchev–Trinajstić information content (AvgIpc) is 3.24. The molecule has 4 heteroatoms. The lowest BCUT2D eigenvalue weighted by atomic mass is 9.98. The zero-order valence-electron chi connectivity index (χ0n) is 16.2. The van der Waals surface area contributed by atoms with Gasteiger partial charge < -0.3 is 10.2 Å². The number of esters is 1. The van der Waals surface area contributed by atoms with Crippen LogP contribution in [0.5, 0.6) is 5.75 Å². The standard InChI is InChI=1S/C25H22N2O2/c1-18-7-10-20(11-8-18)23-17-24(27-26-23)21-12-14-22(15-13-21)29-25(28)16-9-19-5-3-2-4-6-19/h2-16,24,27H,17H2,1H3/b16-9-. The van der Waals surface area contributed by atoms with E-state index in [1.807, 2.05) is 54.6 Å². The Hall–Kier alpha value is -3.66. The number of hydrogen-bond acceptors (Lipinski definition) is 4. The molecule has 3 aromatic rings. The van der Waals surface area contributed by atoms with E-state index in [0.717, 1.165) is 28.8 Å². The van der Waals surface area contributed by atoms with Crippen LogP contribution in [0.4, 0.5) is 0 Å². The van der Waals surface area contributed by atoms with Gasteiger partial charge in [-0.2, -0.15) is 5.10 Å². The van der Waals surface area contributed by atoms with Crippen LogP contribution in [0, 0.1) is 6.92 Å². The van der Waals surface area contributed by atoms with Crippen molar-refractivity contribution in [2.75, 3.05) is 0 Å². The summed E-state index contributed by atoms with van der Waals surface area (Å²) < 4.78 is 5.38. The first-order chi connectivity index (χ1) is 14.2. The second kappa shape index (κ2) is 8.57. The molecule has 3 aromatic carbocycles. The van der Waals surface area contributed by atoms with Gasteiger partial charge in [0.05, 0.1) is 11.8 Å². The van der Waals surface area contributed by atoms with Gasteiger partial charge in [-0.15, -0.1) is 0 Å². The van der Waals surface area contributed by atoms with Gasteiger partial charge in [0.25, 0.3) is 0 Å². The van der Waals surface area contributed by atoms with Crippen LogP contribution in [-0.2, 0) is 4.79 Å². The van der Waals surface area contributed by atoms with E-state index in [2.05, 4.69) is 41.7 Å². The van der Waals surface area contributed by atoms with Gasteiger partial charge >= 0.3 is 5.97 Å². The maximum absolute atomic E-state index is 12.0. The van der Waals surface area contributed by atoms with E-state index in [4.69, 9.17) is 4.74 Å². The molecule has 1 aliphatic rings. The molecule has 1 atom stereocenters. The first kappa shape index (κ1) is 18.7. The zero-order valence-corrected chi connectivity index (χ0v) is 16.2. The summed E-state index contributed by atoms with van der Waals surface area (Å²) in [7, 11) is 0. The predicted octanol–water partition coefficient (Wildman–Crippen LogP) is 5.05. The van der Waals surface area contributed by atoms with E-state index in [1.54, 1.807) is 6.08 Å². The molecule has 0 bridgehead atoms. The van der Waals surface area contributed by atoms with E-state index in [9.17, 15) is 4.79 Å². The molecule has 1 N–H and O–H groups in total. The van der Waals surface area contributed by atoms with Gasteiger partial charge in [-0.1, -0.05) is 72.3 Å². The second-order valence-electron chi connectivity index (χ2n) is 7.04. The van der Waals surface area contributed by atoms with Crippen molar-refractivity contribution in [2.45, 2.75) is 19.4 Å². The van der Waals surface area contributed by atoms with Crippen molar-refractivity contribution < 1.29 is 9.53 Å². The minimum atomic E-state index is -0.398. The Kier molecular flexibility index (Phi) is 5.52. The van der Waals surface area contributed by atoms with Crippen LogP contribution >= 0.6 is 0 Å². The summed E-state index contributed by atoms with van der Waals surface area (Å²) >= 11 is 0. The highest BCUT2D eigenvalue weighted by molar-refractivity contribution is 6.01. The number of carbonyl (C=O) groups is 1. The summed E-state index contributed by atoms with van der Waals surface area (Å²) in [4.78, 5) is 12.0. The minimum Gasteiger partial charge on any atom is -0.423 e. The molecule has 0 aliphatic carbocycles. The van der Waals surface area contributed by atoms with Crippen molar-refractivity contribution in [3.8, 4) is 5.75 Å². The number of ether oxygens (including phenoxy) is 1. The van der Waals surface area contributed by atoms with Crippen LogP contribution in [0.2, 0.25) is 0 Å². The predicted molar refractivity (Wildman–Crippen MR) is 116 cm³/mol. The van der Waals surface area contributed by atoms with Gasteiger partial charge in [0, 0.05) is 12.5 Å². The molecule has 144 valence electrons. The van der Waals surface area contributed by atoms with Crippen molar-refractivity contribution in [2.24, 2.45) is 5.10 Å². The Morgan fingerprint density at radius 1 is 1.00 bits per heavy atom. The number of nitrogens with one attached hydrogen (secondary N) is 1. The summed E-state index contributed by atoms with van der Waals surface area (Å²) in [5.41, 5.74) is 8.70. The number of hydrazone groups is 1. The van der Waals surface area contributed by atoms with E-state index in [-0.39, 0.29) is 6.04 Å². The smallest absolute Gasteiger partial charge is 0.336 e. The Morgan fingerprint density at radius 2 is 1.72 bits per heavy atom. The number of hydrogen-bond donors (Lipinski definition) is 1. The van der Waals surface area contributed by atoms with Crippen molar-refractivity contribution in [3.63, 3.8) is 0 Å². The van der Waals surface area contributed by atoms with Crippen molar-refractivity contribution >= 4 is 17.8 Å². The Balaban J connectivity index is 1.34. The molecule has 0 amide bonds. The fourth-order valence-corrected chi connectivity index (χ4v) is 3.21. The summed E-state index contributed by atoms with van der Waals surface area (Å²) in [5, 5.41) is 4.49. The van der Waals surface area contributed by atoms with Gasteiger partial charge in [-0.3, -0.25) is 0 Å². The molecule has 0 radical (unpaired) electrons. The normalized spacial score (nSPS) is 15.8. The summed E-state index contributed by atoms with van der Waals surface area (Å²) in [6.07, 6.45) is 3.99. The second-order valence-corrected chi connectivity index (χ2v) is 7.04. The van der Waals surface area contributed by atoms with E-state index in [1.165, 1.54) is 11.6 Å². The van der Waals surface area contributed by atoms with E-state index >= 15 is 0 Å². The van der Waals surface area contributed by atoms with Crippen LogP contribution in [0.1, 0.15) is 34.7 Å². The lowest BCUT2D eigenvalue weighted by Gasteiger charge is -2.11. The molecule has 0 saturated carbocycles. The van der Waals surface area contributed by atoms with Gasteiger partial charge in [-0.05, 0) is 41.8 Å². The molecule has 1 aliphatic heterocycles. The molecule has 0 aromatic heterocycles. The summed E-state index contributed by atoms with van der Waals surface area (Å²) in [5.74, 6) is 0.125. The van der Waals surface area contributed by atoms with Crippen LogP contribution in [0.15, 0.2) is 90.0 Å². The van der Waals surface area contributed by atoms with Crippen LogP contribution in [0.25, 0.3) is 6.08 Å². The van der Waals surface area contributed by atoms with Gasteiger partial charge in [0.2, 0.25) is 0 Å². The van der Waals surface area contributed by atoms with Crippen LogP contribution < -0.4 is 10.2 Å². The number of aryl methyl sites for hydroxylation is 1. The van der Waals surface area contributed by atoms with Gasteiger partial charge in [0.1, 0.15) is 5.75 Å². The van der Waals surface area contributed by atoms with Crippen LogP contribution in [0.3, 0.4) is 0 Å². The monoisotopic (exact) mass is 382 g/mol. The van der Waals surface area contributed by atoms with E-state index in [0.29, 0.717) is 5.75 Å². The zero-order chi connectivity index (χ0) is 20.1. The van der Waals surface area contributed by atoms with Crippen molar-refractivity contribution in [3.05, 3.63) is 107 Å². The Morgan fingerprint density at radius 3 is 2.45 bits per heavy atom. The first-order valence-corrected chi connectivity index (χ1v) is 9.61. The molecule has 4 rings (SSSR count). The molecular weight excluding hydrogens is 360 g/mol. The maximum Gasteiger partial charge on any atom is 0.336 e. The molecule has 4 nitrogen and oxygen atoms in total. The number of benzene rings is 3. The third-order valence-corrected chi connectivity index (χ3v) is 4.85. The Bertz CT molecular complexity index is 1040. The highest BCUT2D eigenvalue weighted by atomic mass is 16.5. The molecule has 0 saturated heterocycles. The highest BCUT2D eigenvalue weighted by Crippen LogP contribution is 2.26. The quantitative estimate of drug-likeness (QED) is 0.382. The fraction of sp³-hybridized carbons (Fsp3) is 0.120. The van der Waals surface area contributed by atoms with Gasteiger partial charge in [-0.25, -0.2) is 4.79 Å². The maximum atomic E-state index is 12.0. The third kappa shape index (κ3) is 4.79. The molecular formula is C25H22N2O2. The van der Waals surface area contributed by atoms with Gasteiger partial charge in [0.15, 0.2) is 0 Å². The fourth-order valence-electron chi connectivity index (χ4n) is 3.21. The average molecular weight is 382 g/mol.